The lowest BCUT2D eigenvalue weighted by Crippen LogP contribution is -2.24. The van der Waals surface area contributed by atoms with Crippen molar-refractivity contribution in [3.63, 3.8) is 0 Å². The molecular weight excluding hydrogens is 378 g/mol. The number of para-hydroxylation sites is 1. The van der Waals surface area contributed by atoms with Gasteiger partial charge in [0.1, 0.15) is 11.6 Å². The minimum Gasteiger partial charge on any atom is -0.351 e. The number of halogens is 2. The van der Waals surface area contributed by atoms with Crippen molar-refractivity contribution in [1.82, 2.24) is 15.5 Å². The predicted octanol–water partition coefficient (Wildman–Crippen LogP) is 3.97. The molecule has 134 valence electrons. The highest BCUT2D eigenvalue weighted by atomic mass is 32.2. The number of benzene rings is 2. The van der Waals surface area contributed by atoms with Gasteiger partial charge in [-0.25, -0.2) is 8.78 Å². The summed E-state index contributed by atoms with van der Waals surface area (Å²) in [6.07, 6.45) is 0. The van der Waals surface area contributed by atoms with E-state index in [1.54, 1.807) is 36.4 Å². The predicted molar refractivity (Wildman–Crippen MR) is 98.6 cm³/mol. The lowest BCUT2D eigenvalue weighted by atomic mass is 10.2. The highest BCUT2D eigenvalue weighted by Crippen LogP contribution is 2.28. The van der Waals surface area contributed by atoms with Crippen LogP contribution < -0.4 is 10.6 Å². The molecule has 3 rings (SSSR count). The molecule has 3 aromatic rings. The molecule has 2 aromatic carbocycles. The zero-order valence-corrected chi connectivity index (χ0v) is 15.0. The molecule has 0 aliphatic carbocycles. The fourth-order valence-electron chi connectivity index (χ4n) is 2.01. The second kappa shape index (κ2) is 8.72. The van der Waals surface area contributed by atoms with Crippen LogP contribution in [-0.2, 0) is 11.3 Å². The molecule has 1 amide bonds. The fraction of sp³-hybridized carbons (Fsp3) is 0.118. The van der Waals surface area contributed by atoms with Gasteiger partial charge in [-0.15, -0.1) is 10.2 Å². The highest BCUT2D eigenvalue weighted by molar-refractivity contribution is 8.01. The van der Waals surface area contributed by atoms with E-state index in [2.05, 4.69) is 20.8 Å². The third-order valence-corrected chi connectivity index (χ3v) is 5.25. The molecule has 5 nitrogen and oxygen atoms in total. The Morgan fingerprint density at radius 2 is 1.77 bits per heavy atom. The first kappa shape index (κ1) is 18.3. The fourth-order valence-corrected chi connectivity index (χ4v) is 3.60. The summed E-state index contributed by atoms with van der Waals surface area (Å²) >= 11 is 2.43. The van der Waals surface area contributed by atoms with Crippen LogP contribution >= 0.6 is 23.1 Å². The summed E-state index contributed by atoms with van der Waals surface area (Å²) in [5.41, 5.74) is 0.737. The highest BCUT2D eigenvalue weighted by Gasteiger charge is 2.10. The summed E-state index contributed by atoms with van der Waals surface area (Å²) in [5.74, 6) is -0.849. The number of nitrogens with one attached hydrogen (secondary N) is 2. The van der Waals surface area contributed by atoms with Crippen LogP contribution in [0.4, 0.5) is 19.6 Å². The normalized spacial score (nSPS) is 10.5. The van der Waals surface area contributed by atoms with E-state index in [4.69, 9.17) is 0 Å². The van der Waals surface area contributed by atoms with Crippen molar-refractivity contribution < 1.29 is 13.6 Å². The molecule has 0 unspecified atom stereocenters. The number of hydrogen-bond acceptors (Lipinski definition) is 6. The van der Waals surface area contributed by atoms with Gasteiger partial charge in [0.25, 0.3) is 0 Å². The largest absolute Gasteiger partial charge is 0.351 e. The number of thioether (sulfide) groups is 1. The number of amides is 1. The van der Waals surface area contributed by atoms with Crippen LogP contribution in [-0.4, -0.2) is 21.9 Å². The quantitative estimate of drug-likeness (QED) is 0.596. The lowest BCUT2D eigenvalue weighted by Gasteiger charge is -2.05. The monoisotopic (exact) mass is 392 g/mol. The molecule has 1 heterocycles. The molecule has 1 aromatic heterocycles. The molecule has 2 N–H and O–H groups in total. The second-order valence-electron chi connectivity index (χ2n) is 5.13. The van der Waals surface area contributed by atoms with Crippen LogP contribution in [0.1, 0.15) is 5.56 Å². The van der Waals surface area contributed by atoms with Crippen LogP contribution in [0.15, 0.2) is 52.9 Å². The number of hydrogen-bond donors (Lipinski definition) is 2. The number of carbonyl (C=O) groups is 1. The van der Waals surface area contributed by atoms with Gasteiger partial charge in [0.05, 0.1) is 11.4 Å². The van der Waals surface area contributed by atoms with Gasteiger partial charge in [0, 0.05) is 12.1 Å². The summed E-state index contributed by atoms with van der Waals surface area (Å²) in [6, 6.07) is 12.5. The molecule has 0 bridgehead atoms. The smallest absolute Gasteiger partial charge is 0.230 e. The molecule has 26 heavy (non-hydrogen) atoms. The van der Waals surface area contributed by atoms with E-state index in [1.807, 2.05) is 0 Å². The molecule has 0 spiro atoms. The summed E-state index contributed by atoms with van der Waals surface area (Å²) in [6.45, 7) is 0.127. The zero-order valence-electron chi connectivity index (χ0n) is 13.4. The number of nitrogens with zero attached hydrogens (tertiary/aromatic N) is 2. The first-order valence-electron chi connectivity index (χ1n) is 7.60. The van der Waals surface area contributed by atoms with Crippen LogP contribution in [0.2, 0.25) is 0 Å². The maximum absolute atomic E-state index is 13.6. The van der Waals surface area contributed by atoms with E-state index in [9.17, 15) is 13.6 Å². The van der Waals surface area contributed by atoms with Crippen LogP contribution in [0.3, 0.4) is 0 Å². The average Bonchev–Trinajstić information content (AvgIpc) is 3.09. The summed E-state index contributed by atoms with van der Waals surface area (Å²) in [5, 5.41) is 13.8. The molecule has 0 aliphatic rings. The Hall–Kier alpha value is -2.52. The minimum atomic E-state index is -0.385. The average molecular weight is 392 g/mol. The van der Waals surface area contributed by atoms with Gasteiger partial charge in [-0.1, -0.05) is 53.4 Å². The van der Waals surface area contributed by atoms with E-state index >= 15 is 0 Å². The van der Waals surface area contributed by atoms with Gasteiger partial charge in [-0.3, -0.25) is 4.79 Å². The van der Waals surface area contributed by atoms with Gasteiger partial charge < -0.3 is 10.6 Å². The third kappa shape index (κ3) is 4.99. The molecule has 9 heteroatoms. The number of aromatic nitrogens is 2. The van der Waals surface area contributed by atoms with Gasteiger partial charge in [0.15, 0.2) is 4.34 Å². The maximum atomic E-state index is 13.6. The van der Waals surface area contributed by atoms with Crippen molar-refractivity contribution in [2.45, 2.75) is 10.9 Å². The molecule has 0 aliphatic heterocycles. The van der Waals surface area contributed by atoms with Crippen molar-refractivity contribution in [3.05, 3.63) is 65.7 Å². The van der Waals surface area contributed by atoms with Gasteiger partial charge in [0.2, 0.25) is 11.0 Å². The third-order valence-electron chi connectivity index (χ3n) is 3.28. The van der Waals surface area contributed by atoms with E-state index in [0.29, 0.717) is 20.7 Å². The minimum absolute atomic E-state index is 0.127. The topological polar surface area (TPSA) is 66.9 Å². The van der Waals surface area contributed by atoms with Gasteiger partial charge in [-0.2, -0.15) is 0 Å². The number of anilines is 2. The SMILES string of the molecule is O=C(CSc1nnc(Nc2ccccc2F)s1)NCc1ccccc1F. The van der Waals surface area contributed by atoms with Crippen molar-refractivity contribution >= 4 is 39.8 Å². The molecule has 0 saturated carbocycles. The Morgan fingerprint density at radius 3 is 2.54 bits per heavy atom. The van der Waals surface area contributed by atoms with Crippen LogP contribution in [0.25, 0.3) is 0 Å². The molecule has 0 saturated heterocycles. The molecular formula is C17H14F2N4OS2. The van der Waals surface area contributed by atoms with E-state index in [-0.39, 0.29) is 29.8 Å². The zero-order chi connectivity index (χ0) is 18.4. The second-order valence-corrected chi connectivity index (χ2v) is 7.33. The Morgan fingerprint density at radius 1 is 1.04 bits per heavy atom. The molecule has 0 fully saturated rings. The van der Waals surface area contributed by atoms with Crippen LogP contribution in [0.5, 0.6) is 0 Å². The summed E-state index contributed by atoms with van der Waals surface area (Å²) in [4.78, 5) is 11.9. The van der Waals surface area contributed by atoms with Crippen molar-refractivity contribution in [2.75, 3.05) is 11.1 Å². The number of rotatable bonds is 7. The van der Waals surface area contributed by atoms with Crippen molar-refractivity contribution in [3.8, 4) is 0 Å². The Balaban J connectivity index is 1.48. The summed E-state index contributed by atoms with van der Waals surface area (Å²) < 4.78 is 27.7. The maximum Gasteiger partial charge on any atom is 0.230 e. The Bertz CT molecular complexity index is 904. The van der Waals surface area contributed by atoms with E-state index in [0.717, 1.165) is 0 Å². The van der Waals surface area contributed by atoms with Gasteiger partial charge in [-0.05, 0) is 18.2 Å². The first-order chi connectivity index (χ1) is 12.6. The number of carbonyl (C=O) groups excluding carboxylic acids is 1. The Kier molecular flexibility index (Phi) is 6.13. The van der Waals surface area contributed by atoms with E-state index < -0.39 is 0 Å². The van der Waals surface area contributed by atoms with E-state index in [1.165, 1.54) is 35.2 Å². The summed E-state index contributed by atoms with van der Waals surface area (Å²) in [7, 11) is 0. The first-order valence-corrected chi connectivity index (χ1v) is 9.40. The molecule has 0 radical (unpaired) electrons. The standard InChI is InChI=1S/C17H14F2N4OS2/c18-12-6-2-1-5-11(12)9-20-15(24)10-25-17-23-22-16(26-17)21-14-8-4-3-7-13(14)19/h1-8H,9-10H2,(H,20,24)(H,21,22). The van der Waals surface area contributed by atoms with Crippen molar-refractivity contribution in [2.24, 2.45) is 0 Å². The van der Waals surface area contributed by atoms with Gasteiger partial charge >= 0.3 is 0 Å². The lowest BCUT2D eigenvalue weighted by molar-refractivity contribution is -0.118. The molecule has 0 atom stereocenters. The van der Waals surface area contributed by atoms with Crippen molar-refractivity contribution in [1.29, 1.82) is 0 Å². The van der Waals surface area contributed by atoms with Crippen LogP contribution in [0, 0.1) is 11.6 Å². The Labute approximate surface area is 156 Å².